The monoisotopic (exact) mass is 446 g/mol. The number of piperidine rings is 3. The van der Waals surface area contributed by atoms with Gasteiger partial charge in [-0.15, -0.1) is 0 Å². The molecule has 1 atom stereocenters. The molecule has 0 radical (unpaired) electrons. The van der Waals surface area contributed by atoms with Crippen LogP contribution in [-0.4, -0.2) is 48.9 Å². The minimum atomic E-state index is -0.197. The van der Waals surface area contributed by atoms with E-state index in [2.05, 4.69) is 51.5 Å². The molecule has 6 heteroatoms. The number of nitrogens with one attached hydrogen (secondary N) is 1. The minimum Gasteiger partial charge on any atom is -0.399 e. The van der Waals surface area contributed by atoms with Gasteiger partial charge >= 0.3 is 0 Å². The van der Waals surface area contributed by atoms with Crippen LogP contribution >= 0.6 is 0 Å². The van der Waals surface area contributed by atoms with E-state index in [1.807, 2.05) is 12.1 Å². The van der Waals surface area contributed by atoms with E-state index in [4.69, 9.17) is 5.73 Å². The second-order valence-electron chi connectivity index (χ2n) is 9.79. The molecule has 0 saturated carbocycles. The molecule has 0 bridgehead atoms. The molecule has 33 heavy (non-hydrogen) atoms. The van der Waals surface area contributed by atoms with Crippen LogP contribution in [0.5, 0.6) is 0 Å². The van der Waals surface area contributed by atoms with Crippen molar-refractivity contribution in [3.05, 3.63) is 59.7 Å². The van der Waals surface area contributed by atoms with Crippen LogP contribution in [-0.2, 0) is 9.59 Å². The van der Waals surface area contributed by atoms with Gasteiger partial charge < -0.3 is 15.5 Å². The lowest BCUT2D eigenvalue weighted by molar-refractivity contribution is -0.134. The molecule has 0 aromatic heterocycles. The van der Waals surface area contributed by atoms with E-state index in [1.54, 1.807) is 0 Å². The predicted molar refractivity (Wildman–Crippen MR) is 131 cm³/mol. The molecule has 2 amide bonds. The molecule has 0 spiro atoms. The second kappa shape index (κ2) is 9.56. The van der Waals surface area contributed by atoms with Crippen molar-refractivity contribution in [1.29, 1.82) is 0 Å². The number of anilines is 2. The Kier molecular flexibility index (Phi) is 6.36. The Balaban J connectivity index is 1.11. The van der Waals surface area contributed by atoms with Crippen molar-refractivity contribution in [2.24, 2.45) is 0 Å². The Morgan fingerprint density at radius 3 is 2.03 bits per heavy atom. The van der Waals surface area contributed by atoms with Crippen molar-refractivity contribution in [1.82, 2.24) is 10.2 Å². The molecule has 6 nitrogen and oxygen atoms in total. The standard InChI is InChI=1S/C27H34N4O2/c28-22-5-7-23(8-6-22)31-17-13-24(14-18-31)30-15-11-20(12-16-30)19-1-3-21(4-2-19)25-9-10-26(32)29-27(25)33/h1-8,20,24-25H,9-18,28H2,(H,29,32,33). The van der Waals surface area contributed by atoms with Crippen LogP contribution < -0.4 is 16.0 Å². The summed E-state index contributed by atoms with van der Waals surface area (Å²) in [5.74, 6) is 0.0786. The van der Waals surface area contributed by atoms with Crippen LogP contribution in [0.1, 0.15) is 61.5 Å². The molecule has 2 aromatic rings. The summed E-state index contributed by atoms with van der Waals surface area (Å²) in [7, 11) is 0. The predicted octanol–water partition coefficient (Wildman–Crippen LogP) is 3.64. The van der Waals surface area contributed by atoms with E-state index in [0.717, 1.165) is 37.4 Å². The van der Waals surface area contributed by atoms with Gasteiger partial charge in [-0.3, -0.25) is 14.9 Å². The lowest BCUT2D eigenvalue weighted by atomic mass is 9.85. The summed E-state index contributed by atoms with van der Waals surface area (Å²) in [6, 6.07) is 17.5. The van der Waals surface area contributed by atoms with Gasteiger partial charge in [0.05, 0.1) is 5.92 Å². The smallest absolute Gasteiger partial charge is 0.234 e. The second-order valence-corrected chi connectivity index (χ2v) is 9.79. The quantitative estimate of drug-likeness (QED) is 0.554. The largest absolute Gasteiger partial charge is 0.399 e. The summed E-state index contributed by atoms with van der Waals surface area (Å²) in [6.45, 7) is 4.53. The first-order chi connectivity index (χ1) is 16.1. The number of likely N-dealkylation sites (tertiary alicyclic amines) is 1. The summed E-state index contributed by atoms with van der Waals surface area (Å²) in [5, 5.41) is 2.46. The number of imide groups is 1. The molecule has 1 unspecified atom stereocenters. The van der Waals surface area contributed by atoms with Crippen molar-refractivity contribution in [3.8, 4) is 0 Å². The number of nitrogen functional groups attached to an aromatic ring is 1. The maximum absolute atomic E-state index is 12.1. The Bertz CT molecular complexity index is 972. The topological polar surface area (TPSA) is 78.7 Å². The molecule has 3 heterocycles. The van der Waals surface area contributed by atoms with Crippen LogP contribution in [0.15, 0.2) is 48.5 Å². The van der Waals surface area contributed by atoms with Gasteiger partial charge in [0.25, 0.3) is 0 Å². The van der Waals surface area contributed by atoms with Crippen molar-refractivity contribution in [2.45, 2.75) is 56.4 Å². The Hall–Kier alpha value is -2.86. The van der Waals surface area contributed by atoms with Gasteiger partial charge in [0.2, 0.25) is 11.8 Å². The third kappa shape index (κ3) is 4.91. The fourth-order valence-corrected chi connectivity index (χ4v) is 5.78. The first-order valence-corrected chi connectivity index (χ1v) is 12.3. The van der Waals surface area contributed by atoms with Gasteiger partial charge in [0.15, 0.2) is 0 Å². The van der Waals surface area contributed by atoms with E-state index in [-0.39, 0.29) is 17.7 Å². The third-order valence-corrected chi connectivity index (χ3v) is 7.82. The van der Waals surface area contributed by atoms with E-state index in [0.29, 0.717) is 24.8 Å². The molecule has 3 aliphatic heterocycles. The number of hydrogen-bond acceptors (Lipinski definition) is 5. The van der Waals surface area contributed by atoms with Crippen molar-refractivity contribution < 1.29 is 9.59 Å². The normalized spacial score (nSPS) is 23.5. The van der Waals surface area contributed by atoms with Gasteiger partial charge in [-0.05, 0) is 86.5 Å². The highest BCUT2D eigenvalue weighted by atomic mass is 16.2. The van der Waals surface area contributed by atoms with Crippen molar-refractivity contribution in [2.75, 3.05) is 36.8 Å². The molecule has 3 aliphatic rings. The molecule has 0 aliphatic carbocycles. The number of carbonyl (C=O) groups excluding carboxylic acids is 2. The summed E-state index contributed by atoms with van der Waals surface area (Å²) in [5.41, 5.74) is 10.3. The Labute approximate surface area is 196 Å². The summed E-state index contributed by atoms with van der Waals surface area (Å²) in [4.78, 5) is 28.7. The van der Waals surface area contributed by atoms with Gasteiger partial charge in [0, 0.05) is 36.9 Å². The van der Waals surface area contributed by atoms with Crippen LogP contribution in [0.3, 0.4) is 0 Å². The highest BCUT2D eigenvalue weighted by molar-refractivity contribution is 6.00. The number of amides is 2. The average Bonchev–Trinajstić information content (AvgIpc) is 2.85. The summed E-state index contributed by atoms with van der Waals surface area (Å²) < 4.78 is 0. The molecular weight excluding hydrogens is 412 g/mol. The molecule has 5 rings (SSSR count). The Morgan fingerprint density at radius 1 is 0.758 bits per heavy atom. The summed E-state index contributed by atoms with van der Waals surface area (Å²) >= 11 is 0. The zero-order valence-corrected chi connectivity index (χ0v) is 19.2. The number of nitrogens with two attached hydrogens (primary N) is 1. The average molecular weight is 447 g/mol. The fourth-order valence-electron chi connectivity index (χ4n) is 5.78. The molecule has 3 saturated heterocycles. The number of nitrogens with zero attached hydrogens (tertiary/aromatic N) is 2. The first kappa shape index (κ1) is 22.0. The maximum Gasteiger partial charge on any atom is 0.234 e. The van der Waals surface area contributed by atoms with Crippen LogP contribution in [0, 0.1) is 0 Å². The van der Waals surface area contributed by atoms with Gasteiger partial charge in [-0.1, -0.05) is 24.3 Å². The molecular formula is C27H34N4O2. The van der Waals surface area contributed by atoms with Crippen LogP contribution in [0.2, 0.25) is 0 Å². The maximum atomic E-state index is 12.1. The molecule has 3 fully saturated rings. The van der Waals surface area contributed by atoms with E-state index in [9.17, 15) is 9.59 Å². The Morgan fingerprint density at radius 2 is 1.39 bits per heavy atom. The zero-order valence-electron chi connectivity index (χ0n) is 19.2. The van der Waals surface area contributed by atoms with Gasteiger partial charge in [0.1, 0.15) is 0 Å². The summed E-state index contributed by atoms with van der Waals surface area (Å²) in [6.07, 6.45) is 5.85. The third-order valence-electron chi connectivity index (χ3n) is 7.82. The van der Waals surface area contributed by atoms with Crippen molar-refractivity contribution in [3.63, 3.8) is 0 Å². The SMILES string of the molecule is Nc1ccc(N2CCC(N3CCC(c4ccc(C5CCC(=O)NC5=O)cc4)CC3)CC2)cc1. The number of benzene rings is 2. The lowest BCUT2D eigenvalue weighted by Gasteiger charge is -2.42. The molecule has 2 aromatic carbocycles. The zero-order chi connectivity index (χ0) is 22.8. The highest BCUT2D eigenvalue weighted by Gasteiger charge is 2.30. The molecule has 3 N–H and O–H groups in total. The van der Waals surface area contributed by atoms with Crippen molar-refractivity contribution >= 4 is 23.2 Å². The van der Waals surface area contributed by atoms with Gasteiger partial charge in [-0.25, -0.2) is 0 Å². The van der Waals surface area contributed by atoms with Gasteiger partial charge in [-0.2, -0.15) is 0 Å². The van der Waals surface area contributed by atoms with Crippen LogP contribution in [0.4, 0.5) is 11.4 Å². The molecule has 174 valence electrons. The van der Waals surface area contributed by atoms with E-state index < -0.39 is 0 Å². The number of carbonyl (C=O) groups is 2. The fraction of sp³-hybridized carbons (Fsp3) is 0.481. The minimum absolute atomic E-state index is 0.157. The number of rotatable bonds is 4. The number of hydrogen-bond donors (Lipinski definition) is 2. The van der Waals surface area contributed by atoms with E-state index in [1.165, 1.54) is 36.9 Å². The lowest BCUT2D eigenvalue weighted by Crippen LogP contribution is -2.47. The van der Waals surface area contributed by atoms with E-state index >= 15 is 0 Å². The highest BCUT2D eigenvalue weighted by Crippen LogP contribution is 2.33. The van der Waals surface area contributed by atoms with Crippen LogP contribution in [0.25, 0.3) is 0 Å². The first-order valence-electron chi connectivity index (χ1n) is 12.3.